The van der Waals surface area contributed by atoms with Crippen LogP contribution < -0.4 is 15.2 Å². The Balaban J connectivity index is 1.20. The molecule has 5 nitrogen and oxygen atoms in total. The first kappa shape index (κ1) is 21.2. The Hall–Kier alpha value is -3.02. The lowest BCUT2D eigenvalue weighted by atomic mass is 9.89. The molecular formula is C26H30N2O3. The molecule has 0 aromatic heterocycles. The van der Waals surface area contributed by atoms with Gasteiger partial charge in [0.1, 0.15) is 30.0 Å². The van der Waals surface area contributed by atoms with Gasteiger partial charge in [-0.25, -0.2) is 0 Å². The van der Waals surface area contributed by atoms with Crippen molar-refractivity contribution in [1.82, 2.24) is 4.90 Å². The second-order valence-electron chi connectivity index (χ2n) is 8.09. The van der Waals surface area contributed by atoms with Gasteiger partial charge in [-0.1, -0.05) is 30.3 Å². The number of nitrogens with zero attached hydrogens (tertiary/aromatic N) is 1. The molecule has 0 bridgehead atoms. The van der Waals surface area contributed by atoms with E-state index >= 15 is 0 Å². The second-order valence-corrected chi connectivity index (χ2v) is 8.09. The Morgan fingerprint density at radius 2 is 1.45 bits per heavy atom. The number of ether oxygens (including phenoxy) is 2. The highest BCUT2D eigenvalue weighted by atomic mass is 16.5. The predicted molar refractivity (Wildman–Crippen MR) is 124 cm³/mol. The molecule has 1 saturated heterocycles. The van der Waals surface area contributed by atoms with Crippen molar-refractivity contribution in [3.05, 3.63) is 84.4 Å². The highest BCUT2D eigenvalue weighted by molar-refractivity contribution is 5.41. The van der Waals surface area contributed by atoms with Gasteiger partial charge in [0.25, 0.3) is 0 Å². The van der Waals surface area contributed by atoms with Crippen LogP contribution in [0, 0.1) is 0 Å². The third kappa shape index (κ3) is 6.23. The van der Waals surface area contributed by atoms with Gasteiger partial charge in [-0.05, 0) is 85.9 Å². The zero-order chi connectivity index (χ0) is 21.5. The first-order valence-corrected chi connectivity index (χ1v) is 10.9. The highest BCUT2D eigenvalue weighted by Gasteiger charge is 2.22. The molecular weight excluding hydrogens is 388 g/mol. The van der Waals surface area contributed by atoms with Crippen LogP contribution >= 0.6 is 0 Å². The van der Waals surface area contributed by atoms with Crippen molar-refractivity contribution in [2.75, 3.05) is 32.0 Å². The van der Waals surface area contributed by atoms with Crippen molar-refractivity contribution < 1.29 is 14.6 Å². The van der Waals surface area contributed by atoms with E-state index in [2.05, 4.69) is 17.0 Å². The van der Waals surface area contributed by atoms with E-state index in [0.717, 1.165) is 43.2 Å². The zero-order valence-electron chi connectivity index (χ0n) is 17.7. The number of likely N-dealkylation sites (tertiary alicyclic amines) is 1. The Morgan fingerprint density at radius 1 is 0.839 bits per heavy atom. The number of anilines is 1. The Kier molecular flexibility index (Phi) is 7.07. The maximum absolute atomic E-state index is 10.3. The van der Waals surface area contributed by atoms with Gasteiger partial charge >= 0.3 is 0 Å². The van der Waals surface area contributed by atoms with Gasteiger partial charge in [0.05, 0.1) is 0 Å². The summed E-state index contributed by atoms with van der Waals surface area (Å²) >= 11 is 0. The Morgan fingerprint density at radius 3 is 2.13 bits per heavy atom. The van der Waals surface area contributed by atoms with Crippen LogP contribution in [0.5, 0.6) is 17.2 Å². The summed E-state index contributed by atoms with van der Waals surface area (Å²) in [6, 6.07) is 25.5. The lowest BCUT2D eigenvalue weighted by Crippen LogP contribution is -2.40. The van der Waals surface area contributed by atoms with E-state index in [-0.39, 0.29) is 6.61 Å². The van der Waals surface area contributed by atoms with Crippen LogP contribution in [0.4, 0.5) is 5.69 Å². The third-order valence-corrected chi connectivity index (χ3v) is 5.71. The molecule has 1 fully saturated rings. The minimum Gasteiger partial charge on any atom is -0.491 e. The van der Waals surface area contributed by atoms with Gasteiger partial charge < -0.3 is 25.2 Å². The molecule has 1 heterocycles. The molecule has 0 spiro atoms. The standard InChI is InChI=1S/C26H30N2O3/c27-22-8-12-24(13-9-22)30-19-23(29)18-28-16-14-21(15-17-28)20-6-10-26(11-7-20)31-25-4-2-1-3-5-25/h1-13,21,23,29H,14-19,27H2. The highest BCUT2D eigenvalue weighted by Crippen LogP contribution is 2.30. The van der Waals surface area contributed by atoms with Crippen LogP contribution in [-0.4, -0.2) is 42.4 Å². The summed E-state index contributed by atoms with van der Waals surface area (Å²) in [6.45, 7) is 2.87. The van der Waals surface area contributed by atoms with Crippen molar-refractivity contribution in [2.45, 2.75) is 24.9 Å². The lowest BCUT2D eigenvalue weighted by Gasteiger charge is -2.33. The number of hydrogen-bond acceptors (Lipinski definition) is 5. The number of para-hydroxylation sites is 1. The summed E-state index contributed by atoms with van der Waals surface area (Å²) in [5.74, 6) is 2.98. The second kappa shape index (κ2) is 10.3. The van der Waals surface area contributed by atoms with E-state index in [9.17, 15) is 5.11 Å². The number of nitrogens with two attached hydrogens (primary N) is 1. The number of piperidine rings is 1. The summed E-state index contributed by atoms with van der Waals surface area (Å²) in [6.07, 6.45) is 1.66. The van der Waals surface area contributed by atoms with Crippen LogP contribution in [-0.2, 0) is 0 Å². The summed E-state index contributed by atoms with van der Waals surface area (Å²) in [4.78, 5) is 2.32. The molecule has 1 aliphatic rings. The Bertz CT molecular complexity index is 921. The van der Waals surface area contributed by atoms with Gasteiger partial charge in [-0.2, -0.15) is 0 Å². The number of nitrogen functional groups attached to an aromatic ring is 1. The number of hydrogen-bond donors (Lipinski definition) is 2. The van der Waals surface area contributed by atoms with E-state index in [0.29, 0.717) is 18.2 Å². The minimum atomic E-state index is -0.511. The van der Waals surface area contributed by atoms with E-state index < -0.39 is 6.10 Å². The number of rotatable bonds is 8. The maximum atomic E-state index is 10.3. The molecule has 1 atom stereocenters. The molecule has 0 amide bonds. The van der Waals surface area contributed by atoms with Crippen molar-refractivity contribution in [3.8, 4) is 17.2 Å². The fourth-order valence-corrected chi connectivity index (χ4v) is 3.99. The number of benzene rings is 3. The molecule has 1 unspecified atom stereocenters. The number of aliphatic hydroxyl groups is 1. The van der Waals surface area contributed by atoms with Gasteiger partial charge in [0.2, 0.25) is 0 Å². The Labute approximate surface area is 184 Å². The SMILES string of the molecule is Nc1ccc(OCC(O)CN2CCC(c3ccc(Oc4ccccc4)cc3)CC2)cc1. The van der Waals surface area contributed by atoms with Gasteiger partial charge in [0.15, 0.2) is 0 Å². The quantitative estimate of drug-likeness (QED) is 0.520. The van der Waals surface area contributed by atoms with Crippen molar-refractivity contribution in [2.24, 2.45) is 0 Å². The molecule has 5 heteroatoms. The van der Waals surface area contributed by atoms with Crippen LogP contribution in [0.3, 0.4) is 0 Å². The number of aliphatic hydroxyl groups excluding tert-OH is 1. The van der Waals surface area contributed by atoms with Gasteiger partial charge in [-0.15, -0.1) is 0 Å². The van der Waals surface area contributed by atoms with E-state index in [4.69, 9.17) is 15.2 Å². The third-order valence-electron chi connectivity index (χ3n) is 5.71. The molecule has 1 aliphatic heterocycles. The summed E-state index contributed by atoms with van der Waals surface area (Å²) < 4.78 is 11.6. The average Bonchev–Trinajstić information content (AvgIpc) is 2.80. The van der Waals surface area contributed by atoms with Crippen LogP contribution in [0.15, 0.2) is 78.9 Å². The van der Waals surface area contributed by atoms with Gasteiger partial charge in [-0.3, -0.25) is 0 Å². The predicted octanol–water partition coefficient (Wildman–Crippen LogP) is 4.68. The fraction of sp³-hybridized carbons (Fsp3) is 0.308. The minimum absolute atomic E-state index is 0.284. The lowest BCUT2D eigenvalue weighted by molar-refractivity contribution is 0.0594. The molecule has 3 N–H and O–H groups in total. The molecule has 3 aromatic rings. The summed E-state index contributed by atoms with van der Waals surface area (Å²) in [5, 5.41) is 10.3. The molecule has 0 radical (unpaired) electrons. The first-order valence-electron chi connectivity index (χ1n) is 10.9. The molecule has 162 valence electrons. The van der Waals surface area contributed by atoms with E-state index in [1.165, 1.54) is 5.56 Å². The fourth-order valence-electron chi connectivity index (χ4n) is 3.99. The topological polar surface area (TPSA) is 68.0 Å². The molecule has 0 saturated carbocycles. The van der Waals surface area contributed by atoms with Crippen LogP contribution in [0.25, 0.3) is 0 Å². The normalized spacial score (nSPS) is 16.0. The largest absolute Gasteiger partial charge is 0.491 e. The monoisotopic (exact) mass is 418 g/mol. The molecule has 4 rings (SSSR count). The first-order chi connectivity index (χ1) is 15.2. The van der Waals surface area contributed by atoms with Crippen molar-refractivity contribution >= 4 is 5.69 Å². The van der Waals surface area contributed by atoms with Gasteiger partial charge in [0, 0.05) is 12.2 Å². The maximum Gasteiger partial charge on any atom is 0.127 e. The van der Waals surface area contributed by atoms with Crippen molar-refractivity contribution in [3.63, 3.8) is 0 Å². The van der Waals surface area contributed by atoms with Crippen molar-refractivity contribution in [1.29, 1.82) is 0 Å². The summed E-state index contributed by atoms with van der Waals surface area (Å²) in [7, 11) is 0. The van der Waals surface area contributed by atoms with Crippen LogP contribution in [0.2, 0.25) is 0 Å². The average molecular weight is 419 g/mol. The number of β-amino-alcohol motifs (C(OH)–C–C–N with tert-alkyl or cyclic N) is 1. The van der Waals surface area contributed by atoms with E-state index in [1.807, 2.05) is 54.6 Å². The smallest absolute Gasteiger partial charge is 0.127 e. The zero-order valence-corrected chi connectivity index (χ0v) is 17.7. The van der Waals surface area contributed by atoms with E-state index in [1.54, 1.807) is 12.1 Å². The summed E-state index contributed by atoms with van der Waals surface area (Å²) in [5.41, 5.74) is 7.74. The molecule has 0 aliphatic carbocycles. The molecule has 31 heavy (non-hydrogen) atoms. The van der Waals surface area contributed by atoms with Crippen LogP contribution in [0.1, 0.15) is 24.3 Å². The molecule has 3 aromatic carbocycles.